The van der Waals surface area contributed by atoms with Crippen LogP contribution in [0.3, 0.4) is 0 Å². The van der Waals surface area contributed by atoms with E-state index in [0.717, 1.165) is 0 Å². The van der Waals surface area contributed by atoms with Crippen LogP contribution < -0.4 is 0 Å². The van der Waals surface area contributed by atoms with Gasteiger partial charge in [-0.2, -0.15) is 0 Å². The summed E-state index contributed by atoms with van der Waals surface area (Å²) in [5.41, 5.74) is 0. The average molecular weight is 146 g/mol. The van der Waals surface area contributed by atoms with Crippen molar-refractivity contribution >= 4 is 6.47 Å². The minimum absolute atomic E-state index is 0.0648. The molecular weight excluding hydrogens is 132 g/mol. The van der Waals surface area contributed by atoms with Crippen LogP contribution in [0.5, 0.6) is 0 Å². The van der Waals surface area contributed by atoms with Gasteiger partial charge in [-0.25, -0.2) is 0 Å². The fourth-order valence-electron chi connectivity index (χ4n) is 0.711. The van der Waals surface area contributed by atoms with Crippen LogP contribution in [0.4, 0.5) is 0 Å². The van der Waals surface area contributed by atoms with Gasteiger partial charge < -0.3 is 9.47 Å². The number of carbonyl (C=O) groups is 1. The Kier molecular flexibility index (Phi) is 3.36. The SMILES string of the molecule is CC(C)OC(C)(C)OC=O. The maximum absolute atomic E-state index is 9.90. The molecule has 0 aromatic heterocycles. The van der Waals surface area contributed by atoms with E-state index in [1.54, 1.807) is 13.8 Å². The van der Waals surface area contributed by atoms with Crippen molar-refractivity contribution in [2.45, 2.75) is 39.6 Å². The highest BCUT2D eigenvalue weighted by molar-refractivity contribution is 5.37. The van der Waals surface area contributed by atoms with Gasteiger partial charge in [-0.1, -0.05) is 0 Å². The van der Waals surface area contributed by atoms with Gasteiger partial charge >= 0.3 is 0 Å². The molecule has 0 saturated carbocycles. The summed E-state index contributed by atoms with van der Waals surface area (Å²) < 4.78 is 9.86. The molecule has 60 valence electrons. The van der Waals surface area contributed by atoms with Gasteiger partial charge in [-0.05, 0) is 13.8 Å². The summed E-state index contributed by atoms with van der Waals surface area (Å²) in [6, 6.07) is 0. The van der Waals surface area contributed by atoms with Gasteiger partial charge in [0.15, 0.2) is 0 Å². The van der Waals surface area contributed by atoms with Crippen molar-refractivity contribution in [1.82, 2.24) is 0 Å². The third-order valence-electron chi connectivity index (χ3n) is 0.851. The van der Waals surface area contributed by atoms with Crippen LogP contribution in [0.1, 0.15) is 27.7 Å². The molecule has 10 heavy (non-hydrogen) atoms. The summed E-state index contributed by atoms with van der Waals surface area (Å²) in [5.74, 6) is -0.796. The van der Waals surface area contributed by atoms with Crippen LogP contribution in [0.15, 0.2) is 0 Å². The predicted molar refractivity (Wildman–Crippen MR) is 37.4 cm³/mol. The Bertz CT molecular complexity index is 107. The maximum Gasteiger partial charge on any atom is 0.295 e. The molecule has 0 radical (unpaired) electrons. The molecule has 0 aliphatic carbocycles. The van der Waals surface area contributed by atoms with Crippen molar-refractivity contribution in [3.63, 3.8) is 0 Å². The molecule has 0 spiro atoms. The Balaban J connectivity index is 3.73. The second-order valence-corrected chi connectivity index (χ2v) is 2.78. The molecule has 0 aromatic carbocycles. The van der Waals surface area contributed by atoms with Crippen molar-refractivity contribution < 1.29 is 14.3 Å². The second kappa shape index (κ2) is 3.56. The van der Waals surface area contributed by atoms with E-state index < -0.39 is 5.79 Å². The average Bonchev–Trinajstić information content (AvgIpc) is 1.59. The molecule has 0 aromatic rings. The highest BCUT2D eigenvalue weighted by Gasteiger charge is 2.20. The molecule has 0 N–H and O–H groups in total. The van der Waals surface area contributed by atoms with Crippen LogP contribution in [0.2, 0.25) is 0 Å². The van der Waals surface area contributed by atoms with E-state index >= 15 is 0 Å². The van der Waals surface area contributed by atoms with E-state index in [-0.39, 0.29) is 6.10 Å². The molecule has 3 heteroatoms. The molecule has 0 aliphatic heterocycles. The Morgan fingerprint density at radius 2 is 1.90 bits per heavy atom. The zero-order valence-electron chi connectivity index (χ0n) is 6.88. The van der Waals surface area contributed by atoms with E-state index in [1.165, 1.54) is 0 Å². The molecule has 0 rings (SSSR count). The number of ether oxygens (including phenoxy) is 2. The van der Waals surface area contributed by atoms with Crippen LogP contribution in [0, 0.1) is 0 Å². The first-order chi connectivity index (χ1) is 4.48. The minimum atomic E-state index is -0.796. The van der Waals surface area contributed by atoms with E-state index in [4.69, 9.17) is 4.74 Å². The first-order valence-corrected chi connectivity index (χ1v) is 3.27. The zero-order chi connectivity index (χ0) is 8.20. The molecule has 0 aliphatic rings. The Labute approximate surface area is 61.3 Å². The summed E-state index contributed by atoms with van der Waals surface area (Å²) in [7, 11) is 0. The van der Waals surface area contributed by atoms with E-state index in [9.17, 15) is 4.79 Å². The van der Waals surface area contributed by atoms with Crippen LogP contribution in [-0.2, 0) is 14.3 Å². The van der Waals surface area contributed by atoms with Crippen LogP contribution in [-0.4, -0.2) is 18.4 Å². The first-order valence-electron chi connectivity index (χ1n) is 3.27. The van der Waals surface area contributed by atoms with Crippen molar-refractivity contribution in [2.24, 2.45) is 0 Å². The van der Waals surface area contributed by atoms with E-state index in [0.29, 0.717) is 6.47 Å². The highest BCUT2D eigenvalue weighted by atomic mass is 16.7. The maximum atomic E-state index is 9.90. The standard InChI is InChI=1S/C7H14O3/c1-6(2)10-7(3,4)9-5-8/h5-6H,1-4H3. The first kappa shape index (κ1) is 9.43. The minimum Gasteiger partial charge on any atom is -0.436 e. The number of hydrogen-bond acceptors (Lipinski definition) is 3. The third kappa shape index (κ3) is 4.32. The quantitative estimate of drug-likeness (QED) is 0.443. The fraction of sp³-hybridized carbons (Fsp3) is 0.857. The Morgan fingerprint density at radius 3 is 2.20 bits per heavy atom. The summed E-state index contributed by atoms with van der Waals surface area (Å²) in [4.78, 5) is 9.90. The van der Waals surface area contributed by atoms with Gasteiger partial charge in [0.2, 0.25) is 5.79 Å². The lowest BCUT2D eigenvalue weighted by Crippen LogP contribution is -2.30. The van der Waals surface area contributed by atoms with Crippen LogP contribution in [0.25, 0.3) is 0 Å². The summed E-state index contributed by atoms with van der Waals surface area (Å²) in [6.45, 7) is 7.55. The van der Waals surface area contributed by atoms with Gasteiger partial charge in [0.05, 0.1) is 6.10 Å². The van der Waals surface area contributed by atoms with Crippen molar-refractivity contribution in [2.75, 3.05) is 0 Å². The van der Waals surface area contributed by atoms with Gasteiger partial charge in [0.1, 0.15) is 0 Å². The predicted octanol–water partition coefficient (Wildman–Crippen LogP) is 1.32. The number of hydrogen-bond donors (Lipinski definition) is 0. The van der Waals surface area contributed by atoms with E-state index in [1.807, 2.05) is 13.8 Å². The van der Waals surface area contributed by atoms with E-state index in [2.05, 4.69) is 4.74 Å². The molecule has 3 nitrogen and oxygen atoms in total. The van der Waals surface area contributed by atoms with Gasteiger partial charge in [-0.3, -0.25) is 4.79 Å². The molecule has 0 heterocycles. The highest BCUT2D eigenvalue weighted by Crippen LogP contribution is 2.11. The molecule has 0 atom stereocenters. The molecule has 0 fully saturated rings. The lowest BCUT2D eigenvalue weighted by molar-refractivity contribution is -0.216. The normalized spacial score (nSPS) is 11.7. The molecular formula is C7H14O3. The van der Waals surface area contributed by atoms with Gasteiger partial charge in [-0.15, -0.1) is 0 Å². The Hall–Kier alpha value is -0.570. The van der Waals surface area contributed by atoms with Crippen LogP contribution >= 0.6 is 0 Å². The number of carbonyl (C=O) groups excluding carboxylic acids is 1. The fourth-order valence-corrected chi connectivity index (χ4v) is 0.711. The lowest BCUT2D eigenvalue weighted by atomic mass is 10.3. The van der Waals surface area contributed by atoms with Gasteiger partial charge in [0.25, 0.3) is 6.47 Å². The molecule has 0 unspecified atom stereocenters. The lowest BCUT2D eigenvalue weighted by Gasteiger charge is -2.25. The summed E-state index contributed by atoms with van der Waals surface area (Å²) in [5, 5.41) is 0. The monoisotopic (exact) mass is 146 g/mol. The molecule has 0 amide bonds. The Morgan fingerprint density at radius 1 is 1.40 bits per heavy atom. The summed E-state index contributed by atoms with van der Waals surface area (Å²) >= 11 is 0. The third-order valence-corrected chi connectivity index (χ3v) is 0.851. The van der Waals surface area contributed by atoms with Gasteiger partial charge in [0, 0.05) is 13.8 Å². The van der Waals surface area contributed by atoms with Crippen molar-refractivity contribution in [1.29, 1.82) is 0 Å². The molecule has 0 bridgehead atoms. The summed E-state index contributed by atoms with van der Waals surface area (Å²) in [6.07, 6.45) is 0.0648. The smallest absolute Gasteiger partial charge is 0.295 e. The zero-order valence-corrected chi connectivity index (χ0v) is 6.88. The largest absolute Gasteiger partial charge is 0.436 e. The second-order valence-electron chi connectivity index (χ2n) is 2.78. The molecule has 0 saturated heterocycles. The number of rotatable bonds is 4. The van der Waals surface area contributed by atoms with Crippen molar-refractivity contribution in [3.05, 3.63) is 0 Å². The topological polar surface area (TPSA) is 35.5 Å². The van der Waals surface area contributed by atoms with Crippen molar-refractivity contribution in [3.8, 4) is 0 Å².